The summed E-state index contributed by atoms with van der Waals surface area (Å²) in [7, 11) is 0. The van der Waals surface area contributed by atoms with Crippen molar-refractivity contribution in [1.29, 1.82) is 0 Å². The average Bonchev–Trinajstić information content (AvgIpc) is 3.15. The zero-order chi connectivity index (χ0) is 19.7. The van der Waals surface area contributed by atoms with Crippen molar-refractivity contribution in [3.05, 3.63) is 35.9 Å². The number of nitrogens with zero attached hydrogens (tertiary/aromatic N) is 2. The van der Waals surface area contributed by atoms with Crippen molar-refractivity contribution < 1.29 is 4.79 Å². The fourth-order valence-corrected chi connectivity index (χ4v) is 5.75. The molecular formula is C24H35N3O. The number of hydrogen-bond donors (Lipinski definition) is 1. The van der Waals surface area contributed by atoms with E-state index >= 15 is 0 Å². The van der Waals surface area contributed by atoms with Gasteiger partial charge in [-0.1, -0.05) is 57.5 Å². The molecule has 5 rings (SSSR count). The molecule has 1 N–H and O–H groups in total. The first-order valence-electron chi connectivity index (χ1n) is 11.2. The highest BCUT2D eigenvalue weighted by atomic mass is 16.2. The van der Waals surface area contributed by atoms with Crippen LogP contribution in [0.25, 0.3) is 0 Å². The van der Waals surface area contributed by atoms with Gasteiger partial charge < -0.3 is 5.32 Å². The van der Waals surface area contributed by atoms with E-state index in [0.717, 1.165) is 43.4 Å². The molecule has 0 spiro atoms. The maximum absolute atomic E-state index is 12.9. The molecule has 4 atom stereocenters. The summed E-state index contributed by atoms with van der Waals surface area (Å²) in [4.78, 5) is 12.9. The number of benzene rings is 1. The minimum atomic E-state index is -0.0216. The Bertz CT molecular complexity index is 725. The van der Waals surface area contributed by atoms with Crippen LogP contribution in [0.2, 0.25) is 0 Å². The van der Waals surface area contributed by atoms with E-state index in [9.17, 15) is 4.79 Å². The molecule has 4 aliphatic rings. The van der Waals surface area contributed by atoms with Gasteiger partial charge >= 0.3 is 6.03 Å². The summed E-state index contributed by atoms with van der Waals surface area (Å²) in [6, 6.07) is 10.5. The molecule has 3 fully saturated rings. The van der Waals surface area contributed by atoms with Gasteiger partial charge in [0.15, 0.2) is 0 Å². The van der Waals surface area contributed by atoms with Crippen molar-refractivity contribution in [2.75, 3.05) is 13.1 Å². The molecule has 3 saturated carbocycles. The van der Waals surface area contributed by atoms with Gasteiger partial charge in [0.05, 0.1) is 6.54 Å². The number of carbonyl (C=O) groups excluding carboxylic acids is 1. The van der Waals surface area contributed by atoms with Crippen LogP contribution in [0.4, 0.5) is 4.79 Å². The Morgan fingerprint density at radius 3 is 2.71 bits per heavy atom. The van der Waals surface area contributed by atoms with Crippen molar-refractivity contribution in [1.82, 2.24) is 10.3 Å². The predicted molar refractivity (Wildman–Crippen MR) is 114 cm³/mol. The maximum Gasteiger partial charge on any atom is 0.337 e. The van der Waals surface area contributed by atoms with Crippen LogP contribution in [0.3, 0.4) is 0 Å². The van der Waals surface area contributed by atoms with Crippen molar-refractivity contribution in [3.8, 4) is 0 Å². The molecule has 1 aromatic rings. The molecular weight excluding hydrogens is 346 g/mol. The van der Waals surface area contributed by atoms with E-state index in [1.165, 1.54) is 24.8 Å². The van der Waals surface area contributed by atoms with Crippen LogP contribution in [0.1, 0.15) is 70.8 Å². The zero-order valence-corrected chi connectivity index (χ0v) is 17.7. The molecule has 1 aromatic carbocycles. The first-order valence-corrected chi connectivity index (χ1v) is 11.2. The van der Waals surface area contributed by atoms with E-state index in [2.05, 4.69) is 50.4 Å². The predicted octanol–water partition coefficient (Wildman–Crippen LogP) is 5.41. The van der Waals surface area contributed by atoms with Crippen LogP contribution >= 0.6 is 0 Å². The van der Waals surface area contributed by atoms with Gasteiger partial charge in [0, 0.05) is 18.2 Å². The molecule has 0 saturated heterocycles. The summed E-state index contributed by atoms with van der Waals surface area (Å²) in [6.07, 6.45) is 7.18. The van der Waals surface area contributed by atoms with Gasteiger partial charge in [-0.05, 0) is 60.8 Å². The molecule has 28 heavy (non-hydrogen) atoms. The van der Waals surface area contributed by atoms with Crippen LogP contribution in [-0.2, 0) is 0 Å². The molecule has 152 valence electrons. The van der Waals surface area contributed by atoms with E-state index < -0.39 is 0 Å². The third-order valence-corrected chi connectivity index (χ3v) is 7.75. The smallest absolute Gasteiger partial charge is 0.336 e. The summed E-state index contributed by atoms with van der Waals surface area (Å²) in [6.45, 7) is 8.49. The highest BCUT2D eigenvalue weighted by Crippen LogP contribution is 2.61. The van der Waals surface area contributed by atoms with Gasteiger partial charge in [-0.3, -0.25) is 0 Å². The lowest BCUT2D eigenvalue weighted by molar-refractivity contribution is -0.103. The Morgan fingerprint density at radius 2 is 2.04 bits per heavy atom. The third kappa shape index (κ3) is 3.58. The summed E-state index contributed by atoms with van der Waals surface area (Å²) in [5.41, 5.74) is 2.89. The fourth-order valence-electron chi connectivity index (χ4n) is 5.75. The standard InChI is InChI=1S/C24H35N3O/c1-4-5-11-22-20(17-9-7-6-8-10-17)16-27(26-22)23(28)25-15-18-12-13-19-14-21(18)24(19,2)3/h6-10,18-21H,4-5,11-16H2,1-3H3,(H,25,28)/t18-,19?,20?,21?/m0/s1. The summed E-state index contributed by atoms with van der Waals surface area (Å²) in [5, 5.41) is 9.64. The monoisotopic (exact) mass is 381 g/mol. The van der Waals surface area contributed by atoms with Gasteiger partial charge in [0.25, 0.3) is 0 Å². The number of nitrogens with one attached hydrogen (secondary N) is 1. The molecule has 4 nitrogen and oxygen atoms in total. The minimum absolute atomic E-state index is 0.0216. The summed E-state index contributed by atoms with van der Waals surface area (Å²) >= 11 is 0. The molecule has 1 heterocycles. The Hall–Kier alpha value is -1.84. The number of fused-ring (bicyclic) bond motifs is 2. The van der Waals surface area contributed by atoms with Gasteiger partial charge in [0.2, 0.25) is 0 Å². The van der Waals surface area contributed by atoms with E-state index in [1.54, 1.807) is 5.01 Å². The highest BCUT2D eigenvalue weighted by Gasteiger charge is 2.54. The summed E-state index contributed by atoms with van der Waals surface area (Å²) < 4.78 is 0. The molecule has 0 radical (unpaired) electrons. The second-order valence-corrected chi connectivity index (χ2v) is 9.62. The Labute approximate surface area is 169 Å². The number of urea groups is 1. The van der Waals surface area contributed by atoms with Crippen LogP contribution < -0.4 is 5.32 Å². The first-order chi connectivity index (χ1) is 13.5. The van der Waals surface area contributed by atoms with Crippen LogP contribution in [0, 0.1) is 23.2 Å². The highest BCUT2D eigenvalue weighted by molar-refractivity contribution is 5.94. The number of amides is 2. The van der Waals surface area contributed by atoms with Crippen LogP contribution in [-0.4, -0.2) is 29.8 Å². The average molecular weight is 382 g/mol. The Kier molecular flexibility index (Phi) is 5.48. The van der Waals surface area contributed by atoms with Crippen molar-refractivity contribution in [2.45, 2.75) is 65.2 Å². The fraction of sp³-hybridized carbons (Fsp3) is 0.667. The van der Waals surface area contributed by atoms with E-state index in [1.807, 2.05) is 6.07 Å². The van der Waals surface area contributed by atoms with Gasteiger partial charge in [0.1, 0.15) is 0 Å². The van der Waals surface area contributed by atoms with E-state index in [0.29, 0.717) is 17.9 Å². The molecule has 3 aliphatic carbocycles. The number of unbranched alkanes of at least 4 members (excludes halogenated alkanes) is 1. The Balaban J connectivity index is 1.38. The van der Waals surface area contributed by atoms with Crippen LogP contribution in [0.15, 0.2) is 35.4 Å². The molecule has 2 bridgehead atoms. The Morgan fingerprint density at radius 1 is 1.25 bits per heavy atom. The SMILES string of the molecule is CCCCC1=NN(C(=O)NC[C@@H]2CCC3CC2C3(C)C)CC1c1ccccc1. The van der Waals surface area contributed by atoms with Gasteiger partial charge in [-0.15, -0.1) is 0 Å². The third-order valence-electron chi connectivity index (χ3n) is 7.75. The topological polar surface area (TPSA) is 44.7 Å². The summed E-state index contributed by atoms with van der Waals surface area (Å²) in [5.74, 6) is 2.53. The number of hydrogen-bond acceptors (Lipinski definition) is 2. The van der Waals surface area contributed by atoms with Crippen molar-refractivity contribution in [3.63, 3.8) is 0 Å². The molecule has 3 unspecified atom stereocenters. The van der Waals surface area contributed by atoms with Crippen molar-refractivity contribution >= 4 is 11.7 Å². The lowest BCUT2D eigenvalue weighted by Crippen LogP contribution is -2.55. The largest absolute Gasteiger partial charge is 0.337 e. The maximum atomic E-state index is 12.9. The minimum Gasteiger partial charge on any atom is -0.336 e. The van der Waals surface area contributed by atoms with Crippen LogP contribution in [0.5, 0.6) is 0 Å². The zero-order valence-electron chi connectivity index (χ0n) is 17.7. The van der Waals surface area contributed by atoms with E-state index in [4.69, 9.17) is 5.10 Å². The molecule has 1 aliphatic heterocycles. The number of rotatable bonds is 6. The van der Waals surface area contributed by atoms with Gasteiger partial charge in [-0.2, -0.15) is 5.10 Å². The lowest BCUT2D eigenvalue weighted by atomic mass is 9.45. The quantitative estimate of drug-likeness (QED) is 0.703. The second-order valence-electron chi connectivity index (χ2n) is 9.62. The van der Waals surface area contributed by atoms with E-state index in [-0.39, 0.29) is 11.9 Å². The number of hydrazone groups is 1. The first kappa shape index (κ1) is 19.5. The second kappa shape index (κ2) is 7.88. The molecule has 0 aromatic heterocycles. The van der Waals surface area contributed by atoms with Gasteiger partial charge in [-0.25, -0.2) is 9.80 Å². The number of carbonyl (C=O) groups is 1. The molecule has 4 heteroatoms. The molecule has 2 amide bonds. The lowest BCUT2D eigenvalue weighted by Gasteiger charge is -2.60. The normalized spacial score (nSPS) is 30.5. The van der Waals surface area contributed by atoms with Crippen molar-refractivity contribution in [2.24, 2.45) is 28.3 Å².